The summed E-state index contributed by atoms with van der Waals surface area (Å²) in [6.07, 6.45) is 0. The number of nitrogens with zero attached hydrogens (tertiary/aromatic N) is 1. The van der Waals surface area contributed by atoms with Gasteiger partial charge < -0.3 is 14.8 Å². The molecule has 0 fully saturated rings. The third-order valence-electron chi connectivity index (χ3n) is 2.77. The summed E-state index contributed by atoms with van der Waals surface area (Å²) >= 11 is 0. The molecule has 104 valence electrons. The van der Waals surface area contributed by atoms with Gasteiger partial charge in [0.25, 0.3) is 5.69 Å². The molecule has 0 unspecified atom stereocenters. The maximum Gasteiger partial charge on any atom is 0.292 e. The molecule has 0 radical (unpaired) electrons. The Morgan fingerprint density at radius 3 is 2.15 bits per heavy atom. The fraction of sp³-hybridized carbons (Fsp3) is 0.143. The van der Waals surface area contributed by atoms with Crippen molar-refractivity contribution in [2.75, 3.05) is 19.5 Å². The van der Waals surface area contributed by atoms with E-state index < -0.39 is 4.92 Å². The Morgan fingerprint density at radius 2 is 1.60 bits per heavy atom. The predicted octanol–water partition coefficient (Wildman–Crippen LogP) is 3.36. The molecule has 2 aromatic rings. The zero-order valence-electron chi connectivity index (χ0n) is 11.1. The highest BCUT2D eigenvalue weighted by Crippen LogP contribution is 2.31. The van der Waals surface area contributed by atoms with Crippen molar-refractivity contribution < 1.29 is 14.4 Å². The molecule has 0 heterocycles. The lowest BCUT2D eigenvalue weighted by Gasteiger charge is -2.09. The maximum atomic E-state index is 11.0. The average molecular weight is 274 g/mol. The maximum absolute atomic E-state index is 11.0. The quantitative estimate of drug-likeness (QED) is 0.668. The van der Waals surface area contributed by atoms with Gasteiger partial charge in [0.1, 0.15) is 17.2 Å². The lowest BCUT2D eigenvalue weighted by Crippen LogP contribution is -1.98. The van der Waals surface area contributed by atoms with Crippen LogP contribution in [0.2, 0.25) is 0 Å². The SMILES string of the molecule is COc1ccc(Nc2cc(OC)ccc2[N+](=O)[O-])cc1. The van der Waals surface area contributed by atoms with E-state index >= 15 is 0 Å². The highest BCUT2D eigenvalue weighted by atomic mass is 16.6. The van der Waals surface area contributed by atoms with Crippen LogP contribution in [0.1, 0.15) is 0 Å². The van der Waals surface area contributed by atoms with Gasteiger partial charge in [-0.05, 0) is 30.3 Å². The highest BCUT2D eigenvalue weighted by molar-refractivity contribution is 5.71. The molecule has 20 heavy (non-hydrogen) atoms. The van der Waals surface area contributed by atoms with Gasteiger partial charge in [0.2, 0.25) is 0 Å². The topological polar surface area (TPSA) is 73.6 Å². The van der Waals surface area contributed by atoms with Crippen molar-refractivity contribution in [3.05, 3.63) is 52.6 Å². The Morgan fingerprint density at radius 1 is 1.00 bits per heavy atom. The molecule has 2 rings (SSSR count). The number of benzene rings is 2. The molecule has 0 aliphatic carbocycles. The van der Waals surface area contributed by atoms with Gasteiger partial charge in [-0.2, -0.15) is 0 Å². The molecule has 0 aliphatic rings. The molecular formula is C14H14N2O4. The van der Waals surface area contributed by atoms with Crippen LogP contribution < -0.4 is 14.8 Å². The van der Waals surface area contributed by atoms with Gasteiger partial charge in [-0.3, -0.25) is 10.1 Å². The summed E-state index contributed by atoms with van der Waals surface area (Å²) in [5.74, 6) is 1.27. The van der Waals surface area contributed by atoms with E-state index in [2.05, 4.69) is 5.32 Å². The molecular weight excluding hydrogens is 260 g/mol. The summed E-state index contributed by atoms with van der Waals surface area (Å²) < 4.78 is 10.1. The molecule has 0 amide bonds. The highest BCUT2D eigenvalue weighted by Gasteiger charge is 2.14. The van der Waals surface area contributed by atoms with Crippen LogP contribution in [0.25, 0.3) is 0 Å². The Bertz CT molecular complexity index is 611. The van der Waals surface area contributed by atoms with Gasteiger partial charge in [0.05, 0.1) is 19.1 Å². The van der Waals surface area contributed by atoms with E-state index in [0.717, 1.165) is 11.4 Å². The first-order chi connectivity index (χ1) is 9.63. The number of hydrogen-bond donors (Lipinski definition) is 1. The molecule has 0 bridgehead atoms. The first kappa shape index (κ1) is 13.7. The van der Waals surface area contributed by atoms with Crippen molar-refractivity contribution in [3.8, 4) is 11.5 Å². The van der Waals surface area contributed by atoms with E-state index in [0.29, 0.717) is 11.4 Å². The van der Waals surface area contributed by atoms with E-state index in [1.54, 1.807) is 43.5 Å². The second-order valence-corrected chi connectivity index (χ2v) is 3.99. The molecule has 0 aromatic heterocycles. The Balaban J connectivity index is 2.32. The summed E-state index contributed by atoms with van der Waals surface area (Å²) in [6, 6.07) is 11.6. The van der Waals surface area contributed by atoms with Gasteiger partial charge in [0.15, 0.2) is 0 Å². The summed E-state index contributed by atoms with van der Waals surface area (Å²) in [6.45, 7) is 0. The molecule has 6 nitrogen and oxygen atoms in total. The molecule has 6 heteroatoms. The predicted molar refractivity (Wildman–Crippen MR) is 75.9 cm³/mol. The fourth-order valence-corrected chi connectivity index (χ4v) is 1.73. The Kier molecular flexibility index (Phi) is 4.05. The Hall–Kier alpha value is -2.76. The van der Waals surface area contributed by atoms with Gasteiger partial charge in [-0.25, -0.2) is 0 Å². The van der Waals surface area contributed by atoms with Crippen molar-refractivity contribution in [2.45, 2.75) is 0 Å². The number of anilines is 2. The van der Waals surface area contributed by atoms with E-state index in [1.165, 1.54) is 13.2 Å². The number of rotatable bonds is 5. The third-order valence-corrected chi connectivity index (χ3v) is 2.77. The second kappa shape index (κ2) is 5.92. The smallest absolute Gasteiger partial charge is 0.292 e. The van der Waals surface area contributed by atoms with E-state index in [-0.39, 0.29) is 5.69 Å². The molecule has 0 saturated carbocycles. The van der Waals surface area contributed by atoms with Crippen LogP contribution in [0.3, 0.4) is 0 Å². The minimum atomic E-state index is -0.439. The Labute approximate surface area is 116 Å². The summed E-state index contributed by atoms with van der Waals surface area (Å²) in [5, 5.41) is 14.0. The van der Waals surface area contributed by atoms with Crippen molar-refractivity contribution in [1.29, 1.82) is 0 Å². The van der Waals surface area contributed by atoms with Gasteiger partial charge in [0, 0.05) is 17.8 Å². The average Bonchev–Trinajstić information content (AvgIpc) is 2.47. The van der Waals surface area contributed by atoms with Gasteiger partial charge in [-0.1, -0.05) is 0 Å². The van der Waals surface area contributed by atoms with Crippen LogP contribution >= 0.6 is 0 Å². The summed E-state index contributed by atoms with van der Waals surface area (Å²) in [7, 11) is 3.09. The fourth-order valence-electron chi connectivity index (χ4n) is 1.73. The van der Waals surface area contributed by atoms with Crippen LogP contribution in [-0.2, 0) is 0 Å². The third kappa shape index (κ3) is 2.97. The molecule has 0 atom stereocenters. The van der Waals surface area contributed by atoms with Crippen LogP contribution in [-0.4, -0.2) is 19.1 Å². The number of ether oxygens (including phenoxy) is 2. The summed E-state index contributed by atoms with van der Waals surface area (Å²) in [4.78, 5) is 10.6. The largest absolute Gasteiger partial charge is 0.497 e. The van der Waals surface area contributed by atoms with Gasteiger partial charge in [-0.15, -0.1) is 0 Å². The van der Waals surface area contributed by atoms with Crippen LogP contribution in [0, 0.1) is 10.1 Å². The van der Waals surface area contributed by atoms with E-state index in [9.17, 15) is 10.1 Å². The van der Waals surface area contributed by atoms with E-state index in [1.807, 2.05) is 0 Å². The number of nitro benzene ring substituents is 1. The molecule has 0 saturated heterocycles. The molecule has 0 aliphatic heterocycles. The molecule has 2 aromatic carbocycles. The zero-order chi connectivity index (χ0) is 14.5. The number of hydrogen-bond acceptors (Lipinski definition) is 5. The number of nitrogens with one attached hydrogen (secondary N) is 1. The lowest BCUT2D eigenvalue weighted by atomic mass is 10.2. The zero-order valence-corrected chi connectivity index (χ0v) is 11.1. The monoisotopic (exact) mass is 274 g/mol. The second-order valence-electron chi connectivity index (χ2n) is 3.99. The van der Waals surface area contributed by atoms with Crippen molar-refractivity contribution in [3.63, 3.8) is 0 Å². The molecule has 0 spiro atoms. The number of nitro groups is 1. The van der Waals surface area contributed by atoms with Crippen molar-refractivity contribution >= 4 is 17.1 Å². The minimum Gasteiger partial charge on any atom is -0.497 e. The lowest BCUT2D eigenvalue weighted by molar-refractivity contribution is -0.383. The normalized spacial score (nSPS) is 9.90. The van der Waals surface area contributed by atoms with Crippen LogP contribution in [0.5, 0.6) is 11.5 Å². The van der Waals surface area contributed by atoms with E-state index in [4.69, 9.17) is 9.47 Å². The summed E-state index contributed by atoms with van der Waals surface area (Å²) in [5.41, 5.74) is 1.09. The minimum absolute atomic E-state index is 0.0124. The standard InChI is InChI=1S/C14H14N2O4/c1-19-11-5-3-10(4-6-11)15-13-9-12(20-2)7-8-14(13)16(17)18/h3-9,15H,1-2H3. The molecule has 1 N–H and O–H groups in total. The first-order valence-electron chi connectivity index (χ1n) is 5.87. The van der Waals surface area contributed by atoms with Gasteiger partial charge >= 0.3 is 0 Å². The van der Waals surface area contributed by atoms with Crippen LogP contribution in [0.4, 0.5) is 17.1 Å². The first-order valence-corrected chi connectivity index (χ1v) is 5.87. The van der Waals surface area contributed by atoms with Crippen molar-refractivity contribution in [1.82, 2.24) is 0 Å². The number of methoxy groups -OCH3 is 2. The van der Waals surface area contributed by atoms with Crippen molar-refractivity contribution in [2.24, 2.45) is 0 Å². The van der Waals surface area contributed by atoms with Crippen LogP contribution in [0.15, 0.2) is 42.5 Å².